The quantitative estimate of drug-likeness (QED) is 0.511. The molecule has 0 aromatic carbocycles. The van der Waals surface area contributed by atoms with Crippen LogP contribution in [0.3, 0.4) is 0 Å². The lowest BCUT2D eigenvalue weighted by Gasteiger charge is -2.15. The van der Waals surface area contributed by atoms with E-state index >= 15 is 0 Å². The van der Waals surface area contributed by atoms with Gasteiger partial charge in [-0.25, -0.2) is 4.79 Å². The first-order valence-electron chi connectivity index (χ1n) is 5.61. The topological polar surface area (TPSA) is 32.8 Å². The molecule has 4 heteroatoms. The van der Waals surface area contributed by atoms with Crippen LogP contribution in [-0.4, -0.2) is 50.7 Å². The standard InChI is InChI=1S/C12H24N2O2/c1-7-11(8-9-13(3)4)10(2)12(15)16-14(5)6/h7-9H2,1-6H3. The van der Waals surface area contributed by atoms with Gasteiger partial charge in [0.1, 0.15) is 0 Å². The predicted octanol–water partition coefficient (Wildman–Crippen LogP) is 1.68. The minimum Gasteiger partial charge on any atom is -0.365 e. The molecule has 0 fully saturated rings. The van der Waals surface area contributed by atoms with E-state index < -0.39 is 0 Å². The molecule has 0 heterocycles. The molecule has 0 aliphatic rings. The largest absolute Gasteiger partial charge is 0.365 e. The third-order valence-corrected chi connectivity index (χ3v) is 2.39. The van der Waals surface area contributed by atoms with E-state index in [2.05, 4.69) is 11.8 Å². The van der Waals surface area contributed by atoms with Gasteiger partial charge >= 0.3 is 5.97 Å². The Morgan fingerprint density at radius 2 is 1.75 bits per heavy atom. The Bertz CT molecular complexity index is 258. The Kier molecular flexibility index (Phi) is 7.01. The van der Waals surface area contributed by atoms with E-state index in [1.807, 2.05) is 21.0 Å². The summed E-state index contributed by atoms with van der Waals surface area (Å²) >= 11 is 0. The minimum atomic E-state index is -0.249. The molecular weight excluding hydrogens is 204 g/mol. The van der Waals surface area contributed by atoms with Gasteiger partial charge < -0.3 is 9.74 Å². The Morgan fingerprint density at radius 3 is 2.12 bits per heavy atom. The summed E-state index contributed by atoms with van der Waals surface area (Å²) in [7, 11) is 7.47. The average Bonchev–Trinajstić information content (AvgIpc) is 2.16. The van der Waals surface area contributed by atoms with Crippen LogP contribution >= 0.6 is 0 Å². The predicted molar refractivity (Wildman–Crippen MR) is 65.9 cm³/mol. The van der Waals surface area contributed by atoms with E-state index in [1.165, 1.54) is 10.6 Å². The Labute approximate surface area is 98.8 Å². The second-order valence-corrected chi connectivity index (χ2v) is 4.33. The maximum absolute atomic E-state index is 11.7. The van der Waals surface area contributed by atoms with E-state index in [4.69, 9.17) is 4.84 Å². The van der Waals surface area contributed by atoms with Gasteiger partial charge in [-0.1, -0.05) is 12.5 Å². The summed E-state index contributed by atoms with van der Waals surface area (Å²) in [6.45, 7) is 4.85. The number of hydrogen-bond donors (Lipinski definition) is 0. The summed E-state index contributed by atoms with van der Waals surface area (Å²) < 4.78 is 0. The fourth-order valence-electron chi connectivity index (χ4n) is 1.37. The molecule has 0 amide bonds. The smallest absolute Gasteiger partial charge is 0.352 e. The van der Waals surface area contributed by atoms with E-state index in [-0.39, 0.29) is 5.97 Å². The summed E-state index contributed by atoms with van der Waals surface area (Å²) in [5, 5.41) is 1.42. The van der Waals surface area contributed by atoms with E-state index in [0.717, 1.165) is 25.0 Å². The second-order valence-electron chi connectivity index (χ2n) is 4.33. The zero-order valence-corrected chi connectivity index (χ0v) is 11.3. The molecule has 0 aliphatic carbocycles. The van der Waals surface area contributed by atoms with Crippen LogP contribution in [0.2, 0.25) is 0 Å². The summed E-state index contributed by atoms with van der Waals surface area (Å²) in [6.07, 6.45) is 1.81. The van der Waals surface area contributed by atoms with Crippen molar-refractivity contribution in [2.45, 2.75) is 26.7 Å². The Hall–Kier alpha value is -0.870. The zero-order chi connectivity index (χ0) is 12.7. The fraction of sp³-hybridized carbons (Fsp3) is 0.750. The van der Waals surface area contributed by atoms with Gasteiger partial charge in [0.15, 0.2) is 0 Å². The number of carbonyl (C=O) groups is 1. The van der Waals surface area contributed by atoms with E-state index in [1.54, 1.807) is 14.1 Å². The highest BCUT2D eigenvalue weighted by molar-refractivity contribution is 5.88. The molecule has 0 bridgehead atoms. The molecular formula is C12H24N2O2. The van der Waals surface area contributed by atoms with Crippen LogP contribution in [0.25, 0.3) is 0 Å². The van der Waals surface area contributed by atoms with Gasteiger partial charge in [0, 0.05) is 26.2 Å². The minimum absolute atomic E-state index is 0.249. The molecule has 0 N–H and O–H groups in total. The average molecular weight is 228 g/mol. The third-order valence-electron chi connectivity index (χ3n) is 2.39. The molecule has 0 aromatic heterocycles. The van der Waals surface area contributed by atoms with Gasteiger partial charge in [0.05, 0.1) is 0 Å². The highest BCUT2D eigenvalue weighted by Crippen LogP contribution is 2.14. The van der Waals surface area contributed by atoms with Crippen molar-refractivity contribution >= 4 is 5.97 Å². The second kappa shape index (κ2) is 7.41. The van der Waals surface area contributed by atoms with Crippen LogP contribution in [0.1, 0.15) is 26.7 Å². The molecule has 94 valence electrons. The van der Waals surface area contributed by atoms with Crippen molar-refractivity contribution in [2.24, 2.45) is 0 Å². The summed E-state index contributed by atoms with van der Waals surface area (Å²) in [4.78, 5) is 18.8. The van der Waals surface area contributed by atoms with Crippen molar-refractivity contribution in [2.75, 3.05) is 34.7 Å². The number of nitrogens with zero attached hydrogens (tertiary/aromatic N) is 2. The lowest BCUT2D eigenvalue weighted by atomic mass is 10.0. The van der Waals surface area contributed by atoms with Gasteiger partial charge in [-0.05, 0) is 33.9 Å². The lowest BCUT2D eigenvalue weighted by Crippen LogP contribution is -2.20. The lowest BCUT2D eigenvalue weighted by molar-refractivity contribution is -0.173. The molecule has 0 aliphatic heterocycles. The van der Waals surface area contributed by atoms with Crippen LogP contribution < -0.4 is 0 Å². The first-order chi connectivity index (χ1) is 7.38. The van der Waals surface area contributed by atoms with Crippen LogP contribution in [0.15, 0.2) is 11.1 Å². The number of hydrogen-bond acceptors (Lipinski definition) is 4. The van der Waals surface area contributed by atoms with Gasteiger partial charge in [-0.15, -0.1) is 5.06 Å². The normalized spacial score (nSPS) is 13.0. The zero-order valence-electron chi connectivity index (χ0n) is 11.3. The summed E-state index contributed by atoms with van der Waals surface area (Å²) in [5.74, 6) is -0.249. The number of rotatable bonds is 6. The van der Waals surface area contributed by atoms with Crippen molar-refractivity contribution in [3.8, 4) is 0 Å². The molecule has 0 saturated heterocycles. The Morgan fingerprint density at radius 1 is 1.19 bits per heavy atom. The molecule has 0 aromatic rings. The first-order valence-corrected chi connectivity index (χ1v) is 5.61. The number of hydroxylamine groups is 2. The molecule has 16 heavy (non-hydrogen) atoms. The highest BCUT2D eigenvalue weighted by atomic mass is 16.7. The van der Waals surface area contributed by atoms with Gasteiger partial charge in [0.25, 0.3) is 0 Å². The molecule has 4 nitrogen and oxygen atoms in total. The highest BCUT2D eigenvalue weighted by Gasteiger charge is 2.12. The van der Waals surface area contributed by atoms with Crippen LogP contribution in [0.5, 0.6) is 0 Å². The molecule has 0 atom stereocenters. The third kappa shape index (κ3) is 5.88. The molecule has 0 unspecified atom stereocenters. The molecule has 0 spiro atoms. The first kappa shape index (κ1) is 15.1. The summed E-state index contributed by atoms with van der Waals surface area (Å²) in [6, 6.07) is 0. The van der Waals surface area contributed by atoms with E-state index in [0.29, 0.717) is 0 Å². The molecule has 0 rings (SSSR count). The van der Waals surface area contributed by atoms with Crippen molar-refractivity contribution in [1.82, 2.24) is 9.96 Å². The van der Waals surface area contributed by atoms with Crippen molar-refractivity contribution in [1.29, 1.82) is 0 Å². The van der Waals surface area contributed by atoms with Crippen molar-refractivity contribution < 1.29 is 9.63 Å². The van der Waals surface area contributed by atoms with Crippen LogP contribution in [0.4, 0.5) is 0 Å². The number of carbonyl (C=O) groups excluding carboxylic acids is 1. The van der Waals surface area contributed by atoms with Crippen molar-refractivity contribution in [3.05, 3.63) is 11.1 Å². The SMILES string of the molecule is CCC(CCN(C)C)=C(C)C(=O)ON(C)C. The molecule has 0 radical (unpaired) electrons. The maximum atomic E-state index is 11.7. The molecule has 0 saturated carbocycles. The summed E-state index contributed by atoms with van der Waals surface area (Å²) in [5.41, 5.74) is 1.90. The van der Waals surface area contributed by atoms with Gasteiger partial charge in [0.2, 0.25) is 0 Å². The van der Waals surface area contributed by atoms with Gasteiger partial charge in [-0.2, -0.15) is 0 Å². The fourth-order valence-corrected chi connectivity index (χ4v) is 1.37. The van der Waals surface area contributed by atoms with E-state index in [9.17, 15) is 4.79 Å². The van der Waals surface area contributed by atoms with Crippen LogP contribution in [-0.2, 0) is 9.63 Å². The van der Waals surface area contributed by atoms with Crippen LogP contribution in [0, 0.1) is 0 Å². The Balaban J connectivity index is 4.53. The monoisotopic (exact) mass is 228 g/mol. The van der Waals surface area contributed by atoms with Crippen molar-refractivity contribution in [3.63, 3.8) is 0 Å². The maximum Gasteiger partial charge on any atom is 0.352 e. The van der Waals surface area contributed by atoms with Gasteiger partial charge in [-0.3, -0.25) is 0 Å².